The van der Waals surface area contributed by atoms with E-state index in [9.17, 15) is 9.18 Å². The van der Waals surface area contributed by atoms with Gasteiger partial charge in [-0.1, -0.05) is 18.6 Å². The molecule has 1 saturated carbocycles. The van der Waals surface area contributed by atoms with Gasteiger partial charge in [0.15, 0.2) is 0 Å². The molecular formula is C15H16FN3O. The second kappa shape index (κ2) is 4.74. The average molecular weight is 273 g/mol. The Hall–Kier alpha value is -2.17. The zero-order valence-corrected chi connectivity index (χ0v) is 11.3. The Morgan fingerprint density at radius 2 is 2.05 bits per heavy atom. The van der Waals surface area contributed by atoms with E-state index < -0.39 is 5.41 Å². The number of nitrogens with one attached hydrogen (secondary N) is 1. The maximum Gasteiger partial charge on any atom is 0.237 e. The van der Waals surface area contributed by atoms with Crippen molar-refractivity contribution in [3.05, 3.63) is 48.0 Å². The Morgan fingerprint density at radius 1 is 1.35 bits per heavy atom. The van der Waals surface area contributed by atoms with E-state index in [0.717, 1.165) is 24.8 Å². The number of aromatic nitrogens is 2. The third-order valence-corrected chi connectivity index (χ3v) is 4.09. The van der Waals surface area contributed by atoms with Crippen LogP contribution in [0.2, 0.25) is 0 Å². The fourth-order valence-corrected chi connectivity index (χ4v) is 2.65. The molecule has 0 aliphatic heterocycles. The smallest absolute Gasteiger partial charge is 0.237 e. The second-order valence-electron chi connectivity index (χ2n) is 5.26. The van der Waals surface area contributed by atoms with Crippen LogP contribution in [0, 0.1) is 5.82 Å². The molecule has 1 fully saturated rings. The zero-order valence-electron chi connectivity index (χ0n) is 11.3. The lowest BCUT2D eigenvalue weighted by Gasteiger charge is -2.40. The standard InChI is InChI=1S/C15H16FN3O/c1-19-10-9-17-14(19)18-13(20)15(7-2-8-15)11-3-5-12(16)6-4-11/h3-6,9-10H,2,7-8H2,1H3,(H,17,18,20). The molecule has 4 nitrogen and oxygen atoms in total. The van der Waals surface area contributed by atoms with Gasteiger partial charge in [0.2, 0.25) is 11.9 Å². The molecule has 5 heteroatoms. The quantitative estimate of drug-likeness (QED) is 0.934. The van der Waals surface area contributed by atoms with Crippen molar-refractivity contribution in [3.63, 3.8) is 0 Å². The van der Waals surface area contributed by atoms with Crippen molar-refractivity contribution in [2.24, 2.45) is 7.05 Å². The highest BCUT2D eigenvalue weighted by Gasteiger charge is 2.45. The summed E-state index contributed by atoms with van der Waals surface area (Å²) in [5, 5.41) is 2.87. The number of nitrogens with zero attached hydrogens (tertiary/aromatic N) is 2. The number of hydrogen-bond acceptors (Lipinski definition) is 2. The van der Waals surface area contributed by atoms with Gasteiger partial charge in [-0.2, -0.15) is 0 Å². The molecule has 1 aliphatic carbocycles. The minimum atomic E-state index is -0.542. The summed E-state index contributed by atoms with van der Waals surface area (Å²) in [6.07, 6.45) is 6.00. The number of hydrogen-bond donors (Lipinski definition) is 1. The number of carbonyl (C=O) groups is 1. The highest BCUT2D eigenvalue weighted by atomic mass is 19.1. The molecule has 0 saturated heterocycles. The number of imidazole rings is 1. The topological polar surface area (TPSA) is 46.9 Å². The minimum Gasteiger partial charge on any atom is -0.320 e. The van der Waals surface area contributed by atoms with Crippen LogP contribution < -0.4 is 5.32 Å². The molecule has 20 heavy (non-hydrogen) atoms. The first-order valence-corrected chi connectivity index (χ1v) is 6.67. The normalized spacial score (nSPS) is 16.5. The largest absolute Gasteiger partial charge is 0.320 e. The fraction of sp³-hybridized carbons (Fsp3) is 0.333. The number of aryl methyl sites for hydroxylation is 1. The van der Waals surface area contributed by atoms with Gasteiger partial charge in [-0.05, 0) is 30.5 Å². The summed E-state index contributed by atoms with van der Waals surface area (Å²) in [6.45, 7) is 0. The lowest BCUT2D eigenvalue weighted by Crippen LogP contribution is -2.46. The van der Waals surface area contributed by atoms with Crippen LogP contribution in [-0.4, -0.2) is 15.5 Å². The van der Waals surface area contributed by atoms with Gasteiger partial charge in [0.05, 0.1) is 5.41 Å². The summed E-state index contributed by atoms with van der Waals surface area (Å²) < 4.78 is 14.8. The summed E-state index contributed by atoms with van der Waals surface area (Å²) in [5.74, 6) is 0.181. The summed E-state index contributed by atoms with van der Waals surface area (Å²) in [7, 11) is 1.83. The summed E-state index contributed by atoms with van der Waals surface area (Å²) >= 11 is 0. The Kier molecular flexibility index (Phi) is 3.04. The monoisotopic (exact) mass is 273 g/mol. The summed E-state index contributed by atoms with van der Waals surface area (Å²) in [5.41, 5.74) is 0.330. The number of carbonyl (C=O) groups excluding carboxylic acids is 1. The molecule has 0 bridgehead atoms. The van der Waals surface area contributed by atoms with Gasteiger partial charge in [-0.3, -0.25) is 10.1 Å². The lowest BCUT2D eigenvalue weighted by molar-refractivity contribution is -0.124. The maximum atomic E-state index is 13.0. The molecule has 0 spiro atoms. The van der Waals surface area contributed by atoms with E-state index in [1.165, 1.54) is 12.1 Å². The molecule has 104 valence electrons. The first-order chi connectivity index (χ1) is 9.62. The van der Waals surface area contributed by atoms with Crippen LogP contribution in [0.3, 0.4) is 0 Å². The maximum absolute atomic E-state index is 13.0. The van der Waals surface area contributed by atoms with Gasteiger partial charge in [-0.15, -0.1) is 0 Å². The van der Waals surface area contributed by atoms with Gasteiger partial charge in [-0.25, -0.2) is 9.37 Å². The Balaban J connectivity index is 1.87. The van der Waals surface area contributed by atoms with E-state index in [0.29, 0.717) is 5.95 Å². The Morgan fingerprint density at radius 3 is 2.55 bits per heavy atom. The molecule has 0 unspecified atom stereocenters. The van der Waals surface area contributed by atoms with Crippen LogP contribution in [0.1, 0.15) is 24.8 Å². The van der Waals surface area contributed by atoms with Crippen LogP contribution in [0.4, 0.5) is 10.3 Å². The molecule has 1 aromatic heterocycles. The SMILES string of the molecule is Cn1ccnc1NC(=O)C1(c2ccc(F)cc2)CCC1. The van der Waals surface area contributed by atoms with Crippen molar-refractivity contribution in [1.29, 1.82) is 0 Å². The van der Waals surface area contributed by atoms with Crippen molar-refractivity contribution in [2.75, 3.05) is 5.32 Å². The summed E-state index contributed by atoms with van der Waals surface area (Å²) in [4.78, 5) is 16.7. The molecule has 3 rings (SSSR count). The first-order valence-electron chi connectivity index (χ1n) is 6.67. The van der Waals surface area contributed by atoms with Crippen LogP contribution in [0.5, 0.6) is 0 Å². The number of benzene rings is 1. The molecule has 0 radical (unpaired) electrons. The van der Waals surface area contributed by atoms with Crippen molar-refractivity contribution >= 4 is 11.9 Å². The fourth-order valence-electron chi connectivity index (χ4n) is 2.65. The van der Waals surface area contributed by atoms with E-state index >= 15 is 0 Å². The van der Waals surface area contributed by atoms with Gasteiger partial charge < -0.3 is 4.57 Å². The molecular weight excluding hydrogens is 257 g/mol. The highest BCUT2D eigenvalue weighted by molar-refractivity contribution is 5.98. The molecule has 0 atom stereocenters. The Labute approximate surface area is 116 Å². The molecule has 1 amide bonds. The third kappa shape index (κ3) is 1.99. The third-order valence-electron chi connectivity index (χ3n) is 4.09. The molecule has 1 aromatic carbocycles. The van der Waals surface area contributed by atoms with Crippen LogP contribution in [0.25, 0.3) is 0 Å². The Bertz CT molecular complexity index is 629. The van der Waals surface area contributed by atoms with Crippen molar-refractivity contribution < 1.29 is 9.18 Å². The van der Waals surface area contributed by atoms with Crippen LogP contribution in [-0.2, 0) is 17.3 Å². The van der Waals surface area contributed by atoms with Crippen molar-refractivity contribution in [1.82, 2.24) is 9.55 Å². The van der Waals surface area contributed by atoms with Crippen molar-refractivity contribution in [3.8, 4) is 0 Å². The zero-order chi connectivity index (χ0) is 14.2. The lowest BCUT2D eigenvalue weighted by atomic mass is 9.64. The second-order valence-corrected chi connectivity index (χ2v) is 5.26. The number of rotatable bonds is 3. The highest BCUT2D eigenvalue weighted by Crippen LogP contribution is 2.44. The predicted molar refractivity (Wildman–Crippen MR) is 73.8 cm³/mol. The van der Waals surface area contributed by atoms with Crippen LogP contribution in [0.15, 0.2) is 36.7 Å². The van der Waals surface area contributed by atoms with E-state index in [1.807, 2.05) is 7.05 Å². The predicted octanol–water partition coefficient (Wildman–Crippen LogP) is 2.62. The number of halogens is 1. The van der Waals surface area contributed by atoms with E-state index in [4.69, 9.17) is 0 Å². The van der Waals surface area contributed by atoms with Gasteiger partial charge in [0.25, 0.3) is 0 Å². The number of amides is 1. The molecule has 1 aliphatic rings. The van der Waals surface area contributed by atoms with Gasteiger partial charge in [0, 0.05) is 19.4 Å². The van der Waals surface area contributed by atoms with Gasteiger partial charge in [0.1, 0.15) is 5.82 Å². The number of anilines is 1. The molecule has 2 aromatic rings. The molecule has 1 heterocycles. The summed E-state index contributed by atoms with van der Waals surface area (Å²) in [6, 6.07) is 6.21. The average Bonchev–Trinajstić information content (AvgIpc) is 2.76. The van der Waals surface area contributed by atoms with Crippen LogP contribution >= 0.6 is 0 Å². The molecule has 1 N–H and O–H groups in total. The van der Waals surface area contributed by atoms with Crippen molar-refractivity contribution in [2.45, 2.75) is 24.7 Å². The van der Waals surface area contributed by atoms with E-state index in [-0.39, 0.29) is 11.7 Å². The first kappa shape index (κ1) is 12.8. The van der Waals surface area contributed by atoms with E-state index in [2.05, 4.69) is 10.3 Å². The van der Waals surface area contributed by atoms with Gasteiger partial charge >= 0.3 is 0 Å². The minimum absolute atomic E-state index is 0.0651. The van der Waals surface area contributed by atoms with E-state index in [1.54, 1.807) is 29.1 Å².